The molecule has 0 radical (unpaired) electrons. The van der Waals surface area contributed by atoms with Gasteiger partial charge in [0.1, 0.15) is 46.9 Å². The molecule has 5 heterocycles. The van der Waals surface area contributed by atoms with Crippen molar-refractivity contribution in [1.29, 1.82) is 0 Å². The van der Waals surface area contributed by atoms with Crippen LogP contribution in [-0.4, -0.2) is 73.3 Å². The number of hydrogen-bond acceptors (Lipinski definition) is 13. The lowest BCUT2D eigenvalue weighted by Crippen LogP contribution is -2.71. The molecule has 66 heavy (non-hydrogen) atoms. The van der Waals surface area contributed by atoms with Crippen LogP contribution in [0.5, 0.6) is 5.75 Å². The zero-order valence-electron chi connectivity index (χ0n) is 35.8. The highest BCUT2D eigenvalue weighted by atomic mass is 32.2. The molecule has 0 saturated carbocycles. The highest BCUT2D eigenvalue weighted by molar-refractivity contribution is 8.00. The van der Waals surface area contributed by atoms with Crippen LogP contribution in [0.15, 0.2) is 150 Å². The van der Waals surface area contributed by atoms with E-state index in [-0.39, 0.29) is 18.1 Å². The summed E-state index contributed by atoms with van der Waals surface area (Å²) >= 11 is 3.95. The number of amides is 2. The monoisotopic (exact) mass is 941 g/mol. The third kappa shape index (κ3) is 8.57. The normalized spacial score (nSPS) is 16.3. The van der Waals surface area contributed by atoms with Crippen molar-refractivity contribution >= 4 is 74.2 Å². The number of halogens is 1. The van der Waals surface area contributed by atoms with Crippen molar-refractivity contribution in [3.63, 3.8) is 0 Å². The third-order valence-corrected chi connectivity index (χ3v) is 14.3. The molecule has 0 bridgehead atoms. The Bertz CT molecular complexity index is 2900. The Morgan fingerprint density at radius 2 is 1.61 bits per heavy atom. The van der Waals surface area contributed by atoms with Crippen LogP contribution in [-0.2, 0) is 43.2 Å². The molecule has 2 amide bonds. The van der Waals surface area contributed by atoms with Gasteiger partial charge >= 0.3 is 5.97 Å². The van der Waals surface area contributed by atoms with Crippen molar-refractivity contribution in [2.45, 2.75) is 30.5 Å². The first kappa shape index (κ1) is 44.1. The van der Waals surface area contributed by atoms with Gasteiger partial charge in [-0.15, -0.1) is 11.8 Å². The Hall–Kier alpha value is -7.15. The van der Waals surface area contributed by atoms with Crippen LogP contribution in [0.4, 0.5) is 9.52 Å². The van der Waals surface area contributed by atoms with E-state index in [0.29, 0.717) is 22.2 Å². The number of hydrogen-bond donors (Lipinski definition) is 2. The summed E-state index contributed by atoms with van der Waals surface area (Å²) in [5, 5.41) is 9.78. The summed E-state index contributed by atoms with van der Waals surface area (Å²) in [6.07, 6.45) is 7.79. The number of benzene rings is 4. The molecular formula is C48H42FN8O6S3+. The second-order valence-corrected chi connectivity index (χ2v) is 18.2. The molecule has 2 aliphatic rings. The predicted octanol–water partition coefficient (Wildman–Crippen LogP) is 7.16. The van der Waals surface area contributed by atoms with E-state index in [2.05, 4.69) is 29.5 Å². The van der Waals surface area contributed by atoms with Gasteiger partial charge in [-0.05, 0) is 53.0 Å². The fourth-order valence-corrected chi connectivity index (χ4v) is 11.0. The maximum atomic E-state index is 14.2. The minimum absolute atomic E-state index is 0.0506. The average Bonchev–Trinajstić information content (AvgIpc) is 4.06. The van der Waals surface area contributed by atoms with E-state index in [4.69, 9.17) is 14.3 Å². The standard InChI is InChI=1S/C48H41FN8O6S3/c1-30-37(65-38-25-55(2)29-56(30)38)24-21-32-27-64-45-40(44(59)57(45)41(32)46(60)62-26-31-19-22-36(61-3)23-20-31)50-43(58)39(53-63-28-49)42-51-47(66-54-42)52-48(33-13-7-4-8-14-33,34-15-9-5-10-16-34)35-17-11-6-12-18-35/h4-25,29,40,45H,26-28H2,1-3H3,(H-,50,51,52,54,58)/p+1/b24-21?,53-39-/t40-,45-/m1/s1. The molecule has 7 aromatic rings. The SMILES string of the molecule is COc1ccc(COC(=O)C2=C(C=Cc3sc4c[n+](C)cn4c3C)CS[C@@H]3[C@H](NC(=O)/C(=N\OCF)c4nsc(NC(c5ccccc5)(c5ccccc5)c5ccccc5)n4)C(=O)N23)cc1. The van der Waals surface area contributed by atoms with Crippen LogP contribution in [0.25, 0.3) is 10.9 Å². The summed E-state index contributed by atoms with van der Waals surface area (Å²) in [4.78, 5) is 55.2. The summed E-state index contributed by atoms with van der Waals surface area (Å²) in [6.45, 7) is 0.634. The fourth-order valence-electron chi connectivity index (χ4n) is 7.97. The van der Waals surface area contributed by atoms with Gasteiger partial charge in [-0.1, -0.05) is 126 Å². The minimum atomic E-state index is -1.33. The van der Waals surface area contributed by atoms with Crippen molar-refractivity contribution in [3.8, 4) is 5.75 Å². The predicted molar refractivity (Wildman–Crippen MR) is 251 cm³/mol. The number of carbonyl (C=O) groups is 3. The van der Waals surface area contributed by atoms with Crippen molar-refractivity contribution < 1.29 is 37.7 Å². The summed E-state index contributed by atoms with van der Waals surface area (Å²) in [5.74, 6) is -1.29. The van der Waals surface area contributed by atoms with Gasteiger partial charge in [-0.3, -0.25) is 14.5 Å². The Kier molecular flexibility index (Phi) is 12.8. The van der Waals surface area contributed by atoms with Gasteiger partial charge in [-0.2, -0.15) is 13.8 Å². The second-order valence-electron chi connectivity index (χ2n) is 15.2. The number of thiazole rings is 1. The summed E-state index contributed by atoms with van der Waals surface area (Å²) in [6, 6.07) is 35.6. The molecule has 2 N–H and O–H groups in total. The van der Waals surface area contributed by atoms with Gasteiger partial charge in [-0.25, -0.2) is 13.8 Å². The number of carbonyl (C=O) groups excluding carboxylic acids is 3. The van der Waals surface area contributed by atoms with Gasteiger partial charge in [0.2, 0.25) is 27.8 Å². The number of anilines is 1. The number of β-lactam (4-membered cyclic amide) rings is 1. The molecule has 0 unspecified atom stereocenters. The van der Waals surface area contributed by atoms with E-state index >= 15 is 0 Å². The van der Waals surface area contributed by atoms with E-state index in [9.17, 15) is 18.8 Å². The smallest absolute Gasteiger partial charge is 0.355 e. The summed E-state index contributed by atoms with van der Waals surface area (Å²) in [5.41, 5.74) is 3.75. The van der Waals surface area contributed by atoms with Gasteiger partial charge < -0.3 is 24.9 Å². The van der Waals surface area contributed by atoms with Crippen LogP contribution in [0.2, 0.25) is 0 Å². The van der Waals surface area contributed by atoms with Crippen molar-refractivity contribution in [2.24, 2.45) is 12.2 Å². The van der Waals surface area contributed by atoms with Crippen molar-refractivity contribution in [2.75, 3.05) is 25.0 Å². The number of fused-ring (bicyclic) bond motifs is 2. The lowest BCUT2D eigenvalue weighted by atomic mass is 9.77. The van der Waals surface area contributed by atoms with Crippen LogP contribution >= 0.6 is 34.6 Å². The molecule has 3 aromatic heterocycles. The first-order valence-corrected chi connectivity index (χ1v) is 23.3. The van der Waals surface area contributed by atoms with Crippen molar-refractivity contribution in [3.05, 3.63) is 184 Å². The third-order valence-electron chi connectivity index (χ3n) is 11.2. The molecule has 9 rings (SSSR count). The number of ether oxygens (including phenoxy) is 2. The maximum absolute atomic E-state index is 14.2. The van der Waals surface area contributed by atoms with Crippen LogP contribution < -0.4 is 19.9 Å². The number of allylic oxidation sites excluding steroid dienone is 1. The largest absolute Gasteiger partial charge is 0.497 e. The lowest BCUT2D eigenvalue weighted by Gasteiger charge is -2.49. The van der Waals surface area contributed by atoms with Gasteiger partial charge in [0.05, 0.1) is 19.0 Å². The Labute approximate surface area is 391 Å². The summed E-state index contributed by atoms with van der Waals surface area (Å²) in [7, 11) is 3.53. The van der Waals surface area contributed by atoms with Crippen molar-refractivity contribution in [1.82, 2.24) is 24.0 Å². The molecule has 0 spiro atoms. The highest BCUT2D eigenvalue weighted by Crippen LogP contribution is 2.43. The molecule has 1 saturated heterocycles. The van der Waals surface area contributed by atoms with Crippen LogP contribution in [0.3, 0.4) is 0 Å². The molecule has 2 atom stereocenters. The number of nitrogens with zero attached hydrogens (tertiary/aromatic N) is 6. The van der Waals surface area contributed by atoms with Crippen LogP contribution in [0.1, 0.15) is 38.6 Å². The molecule has 14 nitrogen and oxygen atoms in total. The number of thioether (sulfide) groups is 1. The molecule has 2 aliphatic heterocycles. The molecule has 1 fully saturated rings. The Balaban J connectivity index is 0.982. The van der Waals surface area contributed by atoms with Gasteiger partial charge in [0.25, 0.3) is 18.7 Å². The lowest BCUT2D eigenvalue weighted by molar-refractivity contribution is -0.670. The number of methoxy groups -OCH3 is 1. The molecular weight excluding hydrogens is 900 g/mol. The maximum Gasteiger partial charge on any atom is 0.355 e. The van der Waals surface area contributed by atoms with E-state index in [1.165, 1.54) is 16.7 Å². The Morgan fingerprint density at radius 1 is 0.955 bits per heavy atom. The number of oxime groups is 1. The highest BCUT2D eigenvalue weighted by Gasteiger charge is 2.54. The molecule has 4 aromatic carbocycles. The molecule has 18 heteroatoms. The van der Waals surface area contributed by atoms with E-state index < -0.39 is 47.3 Å². The summed E-state index contributed by atoms with van der Waals surface area (Å²) < 4.78 is 33.1. The number of rotatable bonds is 16. The molecule has 0 aliphatic carbocycles. The topological polar surface area (TPSA) is 153 Å². The zero-order valence-corrected chi connectivity index (χ0v) is 38.2. The Morgan fingerprint density at radius 3 is 2.21 bits per heavy atom. The number of nitrogens with one attached hydrogen (secondary N) is 2. The van der Waals surface area contributed by atoms with E-state index in [1.54, 1.807) is 42.7 Å². The first-order valence-electron chi connectivity index (χ1n) is 20.7. The number of imidazole rings is 1. The average molecular weight is 942 g/mol. The van der Waals surface area contributed by atoms with Gasteiger partial charge in [0, 0.05) is 17.3 Å². The number of aromatic nitrogens is 4. The number of esters is 1. The number of aryl methyl sites for hydroxylation is 2. The molecule has 334 valence electrons. The van der Waals surface area contributed by atoms with E-state index in [0.717, 1.165) is 49.2 Å². The second kappa shape index (κ2) is 19.1. The minimum Gasteiger partial charge on any atom is -0.497 e. The van der Waals surface area contributed by atoms with Crippen LogP contribution in [0, 0.1) is 6.92 Å². The number of alkyl halides is 1. The first-order chi connectivity index (χ1) is 32.2. The quantitative estimate of drug-likeness (QED) is 0.0255. The van der Waals surface area contributed by atoms with Gasteiger partial charge in [0.15, 0.2) is 0 Å². The zero-order chi connectivity index (χ0) is 45.8. The van der Waals surface area contributed by atoms with E-state index in [1.807, 2.05) is 134 Å². The fraction of sp³-hybridized carbons (Fsp3) is 0.188.